The molecule has 11 heteroatoms. The van der Waals surface area contributed by atoms with Crippen LogP contribution in [-0.4, -0.2) is 118 Å². The van der Waals surface area contributed by atoms with E-state index in [1.165, 1.54) is 14.2 Å². The van der Waals surface area contributed by atoms with Gasteiger partial charge in [-0.1, -0.05) is 6.92 Å². The van der Waals surface area contributed by atoms with Crippen LogP contribution in [0.25, 0.3) is 0 Å². The maximum absolute atomic E-state index is 9.53. The van der Waals surface area contributed by atoms with Crippen molar-refractivity contribution in [3.8, 4) is 0 Å². The number of aliphatic hydroxyl groups is 7. The Labute approximate surface area is 151 Å². The minimum absolute atomic E-state index is 0.303. The Morgan fingerprint density at radius 3 is 1.50 bits per heavy atom. The van der Waals surface area contributed by atoms with Crippen LogP contribution in [0.1, 0.15) is 6.92 Å². The van der Waals surface area contributed by atoms with E-state index in [0.717, 1.165) is 0 Å². The van der Waals surface area contributed by atoms with Gasteiger partial charge >= 0.3 is 0 Å². The molecule has 0 spiro atoms. The van der Waals surface area contributed by atoms with Gasteiger partial charge in [-0.2, -0.15) is 0 Å². The number of rotatable bonds is 4. The highest BCUT2D eigenvalue weighted by Crippen LogP contribution is 2.26. The van der Waals surface area contributed by atoms with Crippen LogP contribution >= 0.6 is 0 Å². The van der Waals surface area contributed by atoms with E-state index in [2.05, 4.69) is 0 Å². The summed E-state index contributed by atoms with van der Waals surface area (Å²) in [5.74, 6) is -0.303. The largest absolute Gasteiger partial charge is 0.394 e. The fraction of sp³-hybridized carbons (Fsp3) is 1.00. The maximum Gasteiger partial charge on any atom is 0.186 e. The van der Waals surface area contributed by atoms with E-state index in [4.69, 9.17) is 29.2 Å². The summed E-state index contributed by atoms with van der Waals surface area (Å²) in [4.78, 5) is 0. The van der Waals surface area contributed by atoms with Gasteiger partial charge in [0, 0.05) is 20.1 Å². The molecule has 10 atom stereocenters. The molecule has 2 rings (SSSR count). The van der Waals surface area contributed by atoms with E-state index in [-0.39, 0.29) is 12.5 Å². The SMILES string of the molecule is CO[C@@H]1O[C@H](CO)[C@@H](O)[C@H](O)[C@H]1O.CO[C@@H]1O[C@H](CO)[C@H](O)[C@H](O)[C@H]1C. The zero-order valence-electron chi connectivity index (χ0n) is 15.0. The molecule has 156 valence electrons. The average molecular weight is 386 g/mol. The molecule has 0 aromatic rings. The molecule has 0 saturated carbocycles. The van der Waals surface area contributed by atoms with Gasteiger partial charge in [-0.3, -0.25) is 0 Å². The molecule has 0 bridgehead atoms. The second-order valence-electron chi connectivity index (χ2n) is 6.23. The van der Waals surface area contributed by atoms with E-state index < -0.39 is 61.9 Å². The first-order valence-corrected chi connectivity index (χ1v) is 8.21. The zero-order chi connectivity index (χ0) is 20.0. The number of methoxy groups -OCH3 is 2. The smallest absolute Gasteiger partial charge is 0.186 e. The Morgan fingerprint density at radius 2 is 1.08 bits per heavy atom. The summed E-state index contributed by atoms with van der Waals surface area (Å²) in [6, 6.07) is 0. The highest BCUT2D eigenvalue weighted by Gasteiger charge is 2.43. The van der Waals surface area contributed by atoms with E-state index in [9.17, 15) is 25.5 Å². The van der Waals surface area contributed by atoms with Gasteiger partial charge in [0.25, 0.3) is 0 Å². The molecular formula is C15H30O11. The Kier molecular flexibility index (Phi) is 9.79. The van der Waals surface area contributed by atoms with Crippen LogP contribution in [0.2, 0.25) is 0 Å². The molecule has 0 radical (unpaired) electrons. The lowest BCUT2D eigenvalue weighted by molar-refractivity contribution is -0.294. The van der Waals surface area contributed by atoms with Gasteiger partial charge in [-0.15, -0.1) is 0 Å². The number of hydrogen-bond donors (Lipinski definition) is 7. The fourth-order valence-electron chi connectivity index (χ4n) is 2.75. The summed E-state index contributed by atoms with van der Waals surface area (Å²) in [6.07, 6.45) is -9.22. The molecule has 26 heavy (non-hydrogen) atoms. The second-order valence-corrected chi connectivity index (χ2v) is 6.23. The molecular weight excluding hydrogens is 356 g/mol. The molecule has 0 aromatic carbocycles. The van der Waals surface area contributed by atoms with Crippen molar-refractivity contribution in [2.45, 2.75) is 62.2 Å². The predicted octanol–water partition coefficient (Wildman–Crippen LogP) is -3.86. The highest BCUT2D eigenvalue weighted by atomic mass is 16.7. The summed E-state index contributed by atoms with van der Waals surface area (Å²) in [7, 11) is 2.76. The maximum atomic E-state index is 9.53. The highest BCUT2D eigenvalue weighted by molar-refractivity contribution is 4.88. The van der Waals surface area contributed by atoms with Crippen molar-refractivity contribution in [1.82, 2.24) is 0 Å². The van der Waals surface area contributed by atoms with Crippen molar-refractivity contribution >= 4 is 0 Å². The van der Waals surface area contributed by atoms with Gasteiger partial charge in [-0.25, -0.2) is 0 Å². The Balaban J connectivity index is 0.000000260. The summed E-state index contributed by atoms with van der Waals surface area (Å²) in [6.45, 7) is 0.950. The van der Waals surface area contributed by atoms with Crippen molar-refractivity contribution in [2.75, 3.05) is 27.4 Å². The van der Waals surface area contributed by atoms with Gasteiger partial charge in [-0.05, 0) is 0 Å². The van der Waals surface area contributed by atoms with Crippen LogP contribution in [0.5, 0.6) is 0 Å². The standard InChI is InChI=1S/C8H16O5.C7H14O6/c1-4-6(10)7(11)5(3-9)13-8(4)12-2;1-12-7-6(11)5(10)4(9)3(2-8)13-7/h4-11H,3H2,1-2H3;3-11H,2H2,1H3/t4-,5-,6-,7+,8-;3-,4-,5+,6-,7-/m11/s1. The zero-order valence-corrected chi connectivity index (χ0v) is 15.0. The van der Waals surface area contributed by atoms with E-state index in [0.29, 0.717) is 0 Å². The molecule has 0 aliphatic carbocycles. The molecule has 2 aliphatic rings. The summed E-state index contributed by atoms with van der Waals surface area (Å²) in [5.41, 5.74) is 0. The van der Waals surface area contributed by atoms with Crippen LogP contribution in [0.15, 0.2) is 0 Å². The van der Waals surface area contributed by atoms with E-state index in [1.807, 2.05) is 0 Å². The first-order valence-electron chi connectivity index (χ1n) is 8.21. The van der Waals surface area contributed by atoms with Crippen molar-refractivity contribution in [2.24, 2.45) is 5.92 Å². The molecule has 11 nitrogen and oxygen atoms in total. The van der Waals surface area contributed by atoms with Crippen LogP contribution in [0, 0.1) is 5.92 Å². The van der Waals surface area contributed by atoms with Gasteiger partial charge in [0.15, 0.2) is 12.6 Å². The predicted molar refractivity (Wildman–Crippen MR) is 84.7 cm³/mol. The summed E-state index contributed by atoms with van der Waals surface area (Å²) in [5, 5.41) is 64.4. The topological polar surface area (TPSA) is 179 Å². The number of ether oxygens (including phenoxy) is 4. The molecule has 7 N–H and O–H groups in total. The third-order valence-electron chi connectivity index (χ3n) is 4.50. The third kappa shape index (κ3) is 5.30. The normalized spacial score (nSPS) is 46.4. The lowest BCUT2D eigenvalue weighted by Gasteiger charge is -2.40. The van der Waals surface area contributed by atoms with Crippen LogP contribution in [-0.2, 0) is 18.9 Å². The minimum Gasteiger partial charge on any atom is -0.394 e. The van der Waals surface area contributed by atoms with E-state index in [1.54, 1.807) is 6.92 Å². The van der Waals surface area contributed by atoms with Crippen LogP contribution in [0.3, 0.4) is 0 Å². The van der Waals surface area contributed by atoms with E-state index >= 15 is 0 Å². The molecule has 0 aromatic heterocycles. The first-order chi connectivity index (χ1) is 12.2. The average Bonchev–Trinajstić information content (AvgIpc) is 2.65. The summed E-state index contributed by atoms with van der Waals surface area (Å²) >= 11 is 0. The van der Waals surface area contributed by atoms with Gasteiger partial charge in [0.2, 0.25) is 0 Å². The van der Waals surface area contributed by atoms with Crippen LogP contribution < -0.4 is 0 Å². The van der Waals surface area contributed by atoms with Gasteiger partial charge < -0.3 is 54.7 Å². The van der Waals surface area contributed by atoms with Crippen LogP contribution in [0.4, 0.5) is 0 Å². The quantitative estimate of drug-likeness (QED) is 0.251. The lowest BCUT2D eigenvalue weighted by Crippen LogP contribution is -2.58. The monoisotopic (exact) mass is 386 g/mol. The van der Waals surface area contributed by atoms with Crippen molar-refractivity contribution in [3.63, 3.8) is 0 Å². The molecule has 2 aliphatic heterocycles. The fourth-order valence-corrected chi connectivity index (χ4v) is 2.75. The number of hydrogen-bond acceptors (Lipinski definition) is 11. The molecule has 0 amide bonds. The Bertz CT molecular complexity index is 322. The lowest BCUT2D eigenvalue weighted by atomic mass is 9.93. The number of aliphatic hydroxyl groups excluding tert-OH is 7. The van der Waals surface area contributed by atoms with Gasteiger partial charge in [0.1, 0.15) is 36.6 Å². The summed E-state index contributed by atoms with van der Waals surface area (Å²) < 4.78 is 19.8. The second kappa shape index (κ2) is 10.8. The molecule has 2 fully saturated rings. The minimum atomic E-state index is -1.36. The van der Waals surface area contributed by atoms with Gasteiger partial charge in [0.05, 0.1) is 19.3 Å². The van der Waals surface area contributed by atoms with Crippen molar-refractivity contribution < 1.29 is 54.7 Å². The Hall–Kier alpha value is -0.440. The molecule has 0 unspecified atom stereocenters. The third-order valence-corrected chi connectivity index (χ3v) is 4.50. The molecule has 2 heterocycles. The molecule has 2 saturated heterocycles. The Morgan fingerprint density at radius 1 is 0.654 bits per heavy atom. The van der Waals surface area contributed by atoms with Crippen molar-refractivity contribution in [3.05, 3.63) is 0 Å². The van der Waals surface area contributed by atoms with Crippen molar-refractivity contribution in [1.29, 1.82) is 0 Å². The first kappa shape index (κ1) is 23.6.